The van der Waals surface area contributed by atoms with Gasteiger partial charge in [-0.25, -0.2) is 4.98 Å². The highest BCUT2D eigenvalue weighted by atomic mass is 35.5. The number of methoxy groups -OCH3 is 1. The fourth-order valence-electron chi connectivity index (χ4n) is 3.17. The number of nitrogens with zero attached hydrogens (tertiary/aromatic N) is 1. The number of pyridine rings is 1. The van der Waals surface area contributed by atoms with Crippen molar-refractivity contribution in [3.63, 3.8) is 0 Å². The molecule has 3 aromatic carbocycles. The summed E-state index contributed by atoms with van der Waals surface area (Å²) in [6.45, 7) is 0. The van der Waals surface area contributed by atoms with E-state index in [9.17, 15) is 9.59 Å². The number of benzene rings is 3. The van der Waals surface area contributed by atoms with E-state index in [0.29, 0.717) is 49.8 Å². The number of anilines is 4. The fraction of sp³-hybridized carbons (Fsp3) is 0.0385. The maximum atomic E-state index is 12.5. The monoisotopic (exact) mass is 506 g/mol. The number of carbonyl (C=O) groups is 2. The maximum Gasteiger partial charge on any atom is 0.255 e. The van der Waals surface area contributed by atoms with E-state index in [1.165, 1.54) is 6.20 Å². The summed E-state index contributed by atoms with van der Waals surface area (Å²) in [5, 5.41) is 9.92. The van der Waals surface area contributed by atoms with E-state index in [-0.39, 0.29) is 11.8 Å². The SMILES string of the molecule is COc1ccc(NC(=O)c2ccc(Cl)cc2)cc1Nc1ccc(NC(=O)c2ccc(Cl)cc2)cn1. The number of nitrogens with one attached hydrogen (secondary N) is 3. The van der Waals surface area contributed by atoms with E-state index in [1.807, 2.05) is 0 Å². The summed E-state index contributed by atoms with van der Waals surface area (Å²) in [7, 11) is 1.55. The number of halogens is 2. The van der Waals surface area contributed by atoms with Crippen molar-refractivity contribution >= 4 is 57.9 Å². The zero-order valence-corrected chi connectivity index (χ0v) is 20.0. The molecule has 35 heavy (non-hydrogen) atoms. The van der Waals surface area contributed by atoms with Gasteiger partial charge < -0.3 is 20.7 Å². The van der Waals surface area contributed by atoms with Crippen molar-refractivity contribution in [2.75, 3.05) is 23.1 Å². The zero-order valence-electron chi connectivity index (χ0n) is 18.5. The lowest BCUT2D eigenvalue weighted by atomic mass is 10.2. The van der Waals surface area contributed by atoms with Crippen molar-refractivity contribution < 1.29 is 14.3 Å². The van der Waals surface area contributed by atoms with Crippen molar-refractivity contribution in [3.8, 4) is 5.75 Å². The van der Waals surface area contributed by atoms with Gasteiger partial charge in [0.2, 0.25) is 0 Å². The third kappa shape index (κ3) is 6.29. The van der Waals surface area contributed by atoms with Gasteiger partial charge in [0.05, 0.1) is 24.7 Å². The summed E-state index contributed by atoms with van der Waals surface area (Å²) in [4.78, 5) is 29.3. The molecule has 0 atom stereocenters. The van der Waals surface area contributed by atoms with Gasteiger partial charge in [0.1, 0.15) is 11.6 Å². The third-order valence-corrected chi connectivity index (χ3v) is 5.46. The molecule has 7 nitrogen and oxygen atoms in total. The molecule has 1 heterocycles. The molecule has 0 aliphatic heterocycles. The van der Waals surface area contributed by atoms with Crippen LogP contribution in [0.5, 0.6) is 5.75 Å². The molecular formula is C26H20Cl2N4O3. The number of amides is 2. The molecule has 1 aromatic heterocycles. The van der Waals surface area contributed by atoms with E-state index in [0.717, 1.165) is 0 Å². The number of hydrogen-bond donors (Lipinski definition) is 3. The number of carbonyl (C=O) groups excluding carboxylic acids is 2. The Morgan fingerprint density at radius 3 is 1.80 bits per heavy atom. The highest BCUT2D eigenvalue weighted by Gasteiger charge is 2.11. The zero-order chi connectivity index (χ0) is 24.8. The first-order chi connectivity index (χ1) is 16.9. The minimum Gasteiger partial charge on any atom is -0.495 e. The third-order valence-electron chi connectivity index (χ3n) is 4.95. The average molecular weight is 507 g/mol. The van der Waals surface area contributed by atoms with Gasteiger partial charge in [-0.1, -0.05) is 23.2 Å². The summed E-state index contributed by atoms with van der Waals surface area (Å²) < 4.78 is 5.43. The van der Waals surface area contributed by atoms with Crippen LogP contribution in [0.3, 0.4) is 0 Å². The van der Waals surface area contributed by atoms with E-state index < -0.39 is 0 Å². The Morgan fingerprint density at radius 1 is 0.743 bits per heavy atom. The van der Waals surface area contributed by atoms with E-state index in [2.05, 4.69) is 20.9 Å². The Labute approximate surface area is 212 Å². The van der Waals surface area contributed by atoms with Gasteiger partial charge in [-0.2, -0.15) is 0 Å². The van der Waals surface area contributed by atoms with Gasteiger partial charge in [0.15, 0.2) is 0 Å². The molecule has 0 unspecified atom stereocenters. The average Bonchev–Trinajstić information content (AvgIpc) is 2.86. The van der Waals surface area contributed by atoms with Crippen LogP contribution in [0.2, 0.25) is 10.0 Å². The second-order valence-corrected chi connectivity index (χ2v) is 8.27. The van der Waals surface area contributed by atoms with Crippen LogP contribution in [0.25, 0.3) is 0 Å². The lowest BCUT2D eigenvalue weighted by molar-refractivity contribution is 0.101. The van der Waals surface area contributed by atoms with Crippen molar-refractivity contribution in [1.29, 1.82) is 0 Å². The molecule has 176 valence electrons. The van der Waals surface area contributed by atoms with E-state index in [1.54, 1.807) is 86.0 Å². The van der Waals surface area contributed by atoms with Crippen molar-refractivity contribution in [2.24, 2.45) is 0 Å². The van der Waals surface area contributed by atoms with Gasteiger partial charge >= 0.3 is 0 Å². The number of ether oxygens (including phenoxy) is 1. The van der Waals surface area contributed by atoms with Gasteiger partial charge in [-0.15, -0.1) is 0 Å². The molecule has 0 aliphatic rings. The Bertz CT molecular complexity index is 1340. The van der Waals surface area contributed by atoms with Crippen LogP contribution < -0.4 is 20.7 Å². The Hall–Kier alpha value is -4.07. The maximum absolute atomic E-state index is 12.5. The van der Waals surface area contributed by atoms with Crippen LogP contribution >= 0.6 is 23.2 Å². The largest absolute Gasteiger partial charge is 0.495 e. The van der Waals surface area contributed by atoms with Crippen LogP contribution in [0.1, 0.15) is 20.7 Å². The predicted molar refractivity (Wildman–Crippen MR) is 139 cm³/mol. The molecular weight excluding hydrogens is 487 g/mol. The van der Waals surface area contributed by atoms with E-state index in [4.69, 9.17) is 27.9 Å². The Morgan fingerprint density at radius 2 is 1.29 bits per heavy atom. The van der Waals surface area contributed by atoms with Gasteiger partial charge in [-0.3, -0.25) is 9.59 Å². The lowest BCUT2D eigenvalue weighted by Gasteiger charge is -2.14. The Balaban J connectivity index is 1.44. The summed E-state index contributed by atoms with van der Waals surface area (Å²) >= 11 is 11.8. The predicted octanol–water partition coefficient (Wildman–Crippen LogP) is 6.65. The molecule has 4 aromatic rings. The van der Waals surface area contributed by atoms with Crippen molar-refractivity contribution in [3.05, 3.63) is 106 Å². The number of aromatic nitrogens is 1. The molecule has 0 fully saturated rings. The first kappa shape index (κ1) is 24.1. The molecule has 0 saturated carbocycles. The quantitative estimate of drug-likeness (QED) is 0.261. The number of rotatable bonds is 7. The standard InChI is InChI=1S/C26H20Cl2N4O3/c1-35-23-12-10-20(30-25(33)16-2-6-18(27)7-3-16)14-22(23)32-24-13-11-21(15-29-24)31-26(34)17-4-8-19(28)9-5-17/h2-15H,1H3,(H,29,32)(H,30,33)(H,31,34). The van der Waals surface area contributed by atoms with Crippen molar-refractivity contribution in [2.45, 2.75) is 0 Å². The van der Waals surface area contributed by atoms with Crippen molar-refractivity contribution in [1.82, 2.24) is 4.98 Å². The Kier molecular flexibility index (Phi) is 7.50. The van der Waals surface area contributed by atoms with Gasteiger partial charge in [0.25, 0.3) is 11.8 Å². The summed E-state index contributed by atoms with van der Waals surface area (Å²) in [6.07, 6.45) is 1.54. The smallest absolute Gasteiger partial charge is 0.255 e. The molecule has 2 amide bonds. The summed E-state index contributed by atoms with van der Waals surface area (Å²) in [6, 6.07) is 21.9. The molecule has 0 spiro atoms. The van der Waals surface area contributed by atoms with Crippen LogP contribution in [-0.2, 0) is 0 Å². The van der Waals surface area contributed by atoms with Gasteiger partial charge in [0, 0.05) is 26.9 Å². The topological polar surface area (TPSA) is 92.4 Å². The molecule has 0 saturated heterocycles. The van der Waals surface area contributed by atoms with Gasteiger partial charge in [-0.05, 0) is 78.9 Å². The van der Waals surface area contributed by atoms with E-state index >= 15 is 0 Å². The molecule has 0 radical (unpaired) electrons. The first-order valence-corrected chi connectivity index (χ1v) is 11.2. The minimum atomic E-state index is -0.269. The molecule has 4 rings (SSSR count). The van der Waals surface area contributed by atoms with Crippen LogP contribution in [0.4, 0.5) is 22.9 Å². The second-order valence-electron chi connectivity index (χ2n) is 7.39. The fourth-order valence-corrected chi connectivity index (χ4v) is 3.42. The molecule has 0 aliphatic carbocycles. The number of hydrogen-bond acceptors (Lipinski definition) is 5. The minimum absolute atomic E-state index is 0.267. The normalized spacial score (nSPS) is 10.4. The van der Waals surface area contributed by atoms with Crippen LogP contribution in [-0.4, -0.2) is 23.9 Å². The summed E-state index contributed by atoms with van der Waals surface area (Å²) in [5.74, 6) is 0.553. The van der Waals surface area contributed by atoms with Crippen LogP contribution in [0.15, 0.2) is 85.1 Å². The molecule has 3 N–H and O–H groups in total. The molecule has 9 heteroatoms. The second kappa shape index (κ2) is 10.9. The van der Waals surface area contributed by atoms with Crippen LogP contribution in [0, 0.1) is 0 Å². The lowest BCUT2D eigenvalue weighted by Crippen LogP contribution is -2.12. The molecule has 0 bridgehead atoms. The highest BCUT2D eigenvalue weighted by molar-refractivity contribution is 6.31. The first-order valence-electron chi connectivity index (χ1n) is 10.5. The highest BCUT2D eigenvalue weighted by Crippen LogP contribution is 2.30. The summed E-state index contributed by atoms with van der Waals surface area (Å²) in [5.41, 5.74) is 2.68.